The minimum atomic E-state index is -4.68. The minimum absolute atomic E-state index is 0.0147. The van der Waals surface area contributed by atoms with E-state index in [1.165, 1.54) is 30.3 Å². The van der Waals surface area contributed by atoms with Crippen molar-refractivity contribution >= 4 is 45.3 Å². The molecular weight excluding hydrogens is 408 g/mol. The van der Waals surface area contributed by atoms with Gasteiger partial charge in [0.15, 0.2) is 0 Å². The predicted octanol–water partition coefficient (Wildman–Crippen LogP) is 3.94. The Kier molecular flexibility index (Phi) is 4.03. The molecule has 3 heterocycles. The highest BCUT2D eigenvalue weighted by Crippen LogP contribution is 2.37. The molecule has 0 spiro atoms. The van der Waals surface area contributed by atoms with E-state index in [1.807, 2.05) is 5.32 Å². The Bertz CT molecular complexity index is 1130. The first-order valence-electron chi connectivity index (χ1n) is 7.20. The van der Waals surface area contributed by atoms with Gasteiger partial charge >= 0.3 is 6.18 Å². The summed E-state index contributed by atoms with van der Waals surface area (Å²) in [6, 6.07) is 5.57. The Morgan fingerprint density at radius 3 is 2.56 bits per heavy atom. The fourth-order valence-corrected chi connectivity index (χ4v) is 3.84. The summed E-state index contributed by atoms with van der Waals surface area (Å²) in [6.07, 6.45) is -3.50. The first-order chi connectivity index (χ1) is 12.7. The van der Waals surface area contributed by atoms with Crippen molar-refractivity contribution in [1.82, 2.24) is 19.9 Å². The fourth-order valence-electron chi connectivity index (χ4n) is 2.40. The Hall–Kier alpha value is -2.73. The van der Waals surface area contributed by atoms with Crippen molar-refractivity contribution < 1.29 is 27.2 Å². The van der Waals surface area contributed by atoms with Crippen molar-refractivity contribution in [2.45, 2.75) is 6.18 Å². The molecular formula is C15H6F4N4O2S2. The van der Waals surface area contributed by atoms with Crippen LogP contribution in [0.2, 0.25) is 0 Å². The average molecular weight is 414 g/mol. The number of imidazole rings is 1. The van der Waals surface area contributed by atoms with Crippen LogP contribution in [-0.4, -0.2) is 25.7 Å². The lowest BCUT2D eigenvalue weighted by Gasteiger charge is -2.03. The molecule has 4 rings (SSSR count). The Morgan fingerprint density at radius 2 is 1.93 bits per heavy atom. The summed E-state index contributed by atoms with van der Waals surface area (Å²) in [5.41, 5.74) is 0.0142. The van der Waals surface area contributed by atoms with E-state index in [-0.39, 0.29) is 38.2 Å². The number of hydrogen-bond acceptors (Lipinski definition) is 6. The third-order valence-electron chi connectivity index (χ3n) is 3.52. The second-order valence-electron chi connectivity index (χ2n) is 5.28. The number of carbonyl (C=O) groups excluding carboxylic acids is 2. The zero-order valence-corrected chi connectivity index (χ0v) is 14.5. The highest BCUT2D eigenvalue weighted by Gasteiger charge is 2.37. The highest BCUT2D eigenvalue weighted by molar-refractivity contribution is 8.18. The van der Waals surface area contributed by atoms with Crippen LogP contribution in [0.1, 0.15) is 10.7 Å². The van der Waals surface area contributed by atoms with Gasteiger partial charge < -0.3 is 0 Å². The first kappa shape index (κ1) is 17.7. The number of amides is 2. The summed E-state index contributed by atoms with van der Waals surface area (Å²) in [4.78, 5) is 27.0. The number of imide groups is 1. The number of carbonyl (C=O) groups is 2. The normalized spacial score (nSPS) is 16.5. The largest absolute Gasteiger partial charge is 0.445 e. The van der Waals surface area contributed by atoms with E-state index < -0.39 is 28.1 Å². The number of thioether (sulfide) groups is 1. The fraction of sp³-hybridized carbons (Fsp3) is 0.0667. The van der Waals surface area contributed by atoms with Gasteiger partial charge in [-0.25, -0.2) is 13.9 Å². The quantitative estimate of drug-likeness (QED) is 0.508. The van der Waals surface area contributed by atoms with Gasteiger partial charge in [-0.05, 0) is 30.0 Å². The van der Waals surface area contributed by atoms with E-state index >= 15 is 0 Å². The topological polar surface area (TPSA) is 76.4 Å². The van der Waals surface area contributed by atoms with E-state index in [1.54, 1.807) is 0 Å². The molecule has 2 amide bonds. The van der Waals surface area contributed by atoms with E-state index in [2.05, 4.69) is 10.1 Å². The van der Waals surface area contributed by atoms with E-state index in [4.69, 9.17) is 0 Å². The summed E-state index contributed by atoms with van der Waals surface area (Å²) >= 11 is 0.870. The van der Waals surface area contributed by atoms with Gasteiger partial charge in [0, 0.05) is 5.56 Å². The van der Waals surface area contributed by atoms with E-state index in [9.17, 15) is 27.2 Å². The smallest absolute Gasteiger partial charge is 0.282 e. The molecule has 1 aromatic carbocycles. The number of fused-ring (bicyclic) bond motifs is 1. The van der Waals surface area contributed by atoms with Crippen LogP contribution in [0.15, 0.2) is 29.2 Å². The number of nitrogens with zero attached hydrogens (tertiary/aromatic N) is 3. The Morgan fingerprint density at radius 1 is 1.19 bits per heavy atom. The number of aromatic nitrogens is 3. The second-order valence-corrected chi connectivity index (χ2v) is 7.25. The average Bonchev–Trinajstić information content (AvgIpc) is 3.22. The van der Waals surface area contributed by atoms with Crippen molar-refractivity contribution in [3.8, 4) is 11.3 Å². The Labute approximate surface area is 155 Å². The summed E-state index contributed by atoms with van der Waals surface area (Å²) in [5.74, 6) is -1.34. The van der Waals surface area contributed by atoms with Crippen molar-refractivity contribution in [2.75, 3.05) is 0 Å². The van der Waals surface area contributed by atoms with Gasteiger partial charge in [0.2, 0.25) is 9.97 Å². The van der Waals surface area contributed by atoms with Crippen LogP contribution in [0, 0.1) is 5.82 Å². The molecule has 12 heteroatoms. The van der Waals surface area contributed by atoms with Crippen LogP contribution >= 0.6 is 23.1 Å². The summed E-state index contributed by atoms with van der Waals surface area (Å²) in [5, 5.41) is 3.79. The van der Waals surface area contributed by atoms with Crippen LogP contribution in [0.3, 0.4) is 0 Å². The van der Waals surface area contributed by atoms with Gasteiger partial charge in [0.25, 0.3) is 11.1 Å². The van der Waals surface area contributed by atoms with Crippen molar-refractivity contribution in [1.29, 1.82) is 0 Å². The molecule has 6 nitrogen and oxygen atoms in total. The molecule has 0 saturated carbocycles. The predicted molar refractivity (Wildman–Crippen MR) is 90.4 cm³/mol. The van der Waals surface area contributed by atoms with E-state index in [0.29, 0.717) is 11.8 Å². The van der Waals surface area contributed by atoms with Crippen LogP contribution in [-0.2, 0) is 11.0 Å². The molecule has 3 aromatic rings. The monoisotopic (exact) mass is 414 g/mol. The van der Waals surface area contributed by atoms with Gasteiger partial charge in [0.1, 0.15) is 11.5 Å². The molecule has 0 radical (unpaired) electrons. The molecule has 0 bridgehead atoms. The van der Waals surface area contributed by atoms with Crippen LogP contribution < -0.4 is 5.32 Å². The molecule has 1 saturated heterocycles. The van der Waals surface area contributed by atoms with Crippen molar-refractivity contribution in [3.05, 3.63) is 45.7 Å². The lowest BCUT2D eigenvalue weighted by Crippen LogP contribution is -2.17. The first-order valence-corrected chi connectivity index (χ1v) is 8.84. The third kappa shape index (κ3) is 3.10. The third-order valence-corrected chi connectivity index (χ3v) is 5.28. The number of nitrogens with one attached hydrogen (secondary N) is 1. The minimum Gasteiger partial charge on any atom is -0.282 e. The Balaban J connectivity index is 1.97. The van der Waals surface area contributed by atoms with E-state index in [0.717, 1.165) is 4.52 Å². The van der Waals surface area contributed by atoms with Crippen LogP contribution in [0.4, 0.5) is 22.4 Å². The maximum atomic E-state index is 14.2. The molecule has 1 aliphatic rings. The van der Waals surface area contributed by atoms with Crippen LogP contribution in [0.5, 0.6) is 0 Å². The second kappa shape index (κ2) is 6.16. The number of benzene rings is 1. The summed E-state index contributed by atoms with van der Waals surface area (Å²) in [7, 11) is 0. The van der Waals surface area contributed by atoms with Gasteiger partial charge in [-0.15, -0.1) is 5.10 Å². The van der Waals surface area contributed by atoms with Gasteiger partial charge in [-0.3, -0.25) is 14.9 Å². The highest BCUT2D eigenvalue weighted by atomic mass is 32.2. The molecule has 2 aromatic heterocycles. The molecule has 0 aliphatic carbocycles. The lowest BCUT2D eigenvalue weighted by atomic mass is 10.1. The number of hydrogen-bond donors (Lipinski definition) is 1. The van der Waals surface area contributed by atoms with Crippen molar-refractivity contribution in [3.63, 3.8) is 0 Å². The van der Waals surface area contributed by atoms with Gasteiger partial charge in [-0.1, -0.05) is 23.5 Å². The van der Waals surface area contributed by atoms with Crippen LogP contribution in [0.25, 0.3) is 22.3 Å². The maximum absolute atomic E-state index is 14.2. The summed E-state index contributed by atoms with van der Waals surface area (Å²) in [6.45, 7) is 0. The van der Waals surface area contributed by atoms with Crippen molar-refractivity contribution in [2.24, 2.45) is 0 Å². The number of alkyl halides is 3. The lowest BCUT2D eigenvalue weighted by molar-refractivity contribution is -0.138. The standard InChI is InChI=1S/C15H6F4N4O2S2/c16-7-4-2-1-3-6(7)10-8(5-9-11(24)21-14(25)26-9)23-13(20-10)27-12(22-23)15(17,18)19/h1-5H,(H,21,24,25)/b9-5-. The molecule has 27 heavy (non-hydrogen) atoms. The SMILES string of the molecule is O=C1NC(=O)/C(=C/c2c(-c3ccccc3F)nc3sc(C(F)(F)F)nn23)S1. The summed E-state index contributed by atoms with van der Waals surface area (Å²) < 4.78 is 54.0. The molecule has 1 aliphatic heterocycles. The van der Waals surface area contributed by atoms with Gasteiger partial charge in [-0.2, -0.15) is 13.2 Å². The molecule has 1 fully saturated rings. The molecule has 0 unspecified atom stereocenters. The molecule has 1 N–H and O–H groups in total. The zero-order valence-electron chi connectivity index (χ0n) is 12.9. The molecule has 0 atom stereocenters. The maximum Gasteiger partial charge on any atom is 0.445 e. The zero-order chi connectivity index (χ0) is 19.3. The molecule has 138 valence electrons. The van der Waals surface area contributed by atoms with Gasteiger partial charge in [0.05, 0.1) is 10.6 Å². The number of halogens is 4. The number of rotatable bonds is 2.